The largest absolute Gasteiger partial charge is 0.491 e. The summed E-state index contributed by atoms with van der Waals surface area (Å²) in [6.07, 6.45) is -0.546. The van der Waals surface area contributed by atoms with Crippen LogP contribution in [0.25, 0.3) is 21.7 Å². The molecule has 0 radical (unpaired) electrons. The van der Waals surface area contributed by atoms with E-state index >= 15 is 0 Å². The first-order valence-corrected chi connectivity index (χ1v) is 11.9. The molecule has 9 heteroatoms. The summed E-state index contributed by atoms with van der Waals surface area (Å²) >= 11 is 1.67. The van der Waals surface area contributed by atoms with Crippen LogP contribution in [0, 0.1) is 6.92 Å². The number of fused-ring (bicyclic) bond motifs is 1. The summed E-state index contributed by atoms with van der Waals surface area (Å²) in [6.45, 7) is 7.06. The highest BCUT2D eigenvalue weighted by molar-refractivity contribution is 7.18. The van der Waals surface area contributed by atoms with E-state index in [0.717, 1.165) is 52.7 Å². The molecule has 2 aromatic heterocycles. The molecule has 0 bridgehead atoms. The molecular formula is C24H27N5O3S. The molecule has 1 aliphatic heterocycles. The van der Waals surface area contributed by atoms with Crippen LogP contribution in [0.15, 0.2) is 53.1 Å². The van der Waals surface area contributed by atoms with Gasteiger partial charge < -0.3 is 14.4 Å². The number of ether oxygens (including phenoxy) is 1. The van der Waals surface area contributed by atoms with Gasteiger partial charge in [0.1, 0.15) is 18.5 Å². The zero-order chi connectivity index (χ0) is 22.6. The molecule has 0 amide bonds. The Bertz CT molecular complexity index is 1190. The van der Waals surface area contributed by atoms with Crippen LogP contribution >= 0.6 is 11.3 Å². The quantitative estimate of drug-likeness (QED) is 0.424. The fourth-order valence-corrected chi connectivity index (χ4v) is 4.81. The van der Waals surface area contributed by atoms with Gasteiger partial charge in [0, 0.05) is 44.4 Å². The zero-order valence-electron chi connectivity index (χ0n) is 18.6. The average Bonchev–Trinajstić information content (AvgIpc) is 3.45. The van der Waals surface area contributed by atoms with Crippen molar-refractivity contribution >= 4 is 21.6 Å². The number of thiazole rings is 1. The van der Waals surface area contributed by atoms with Crippen LogP contribution in [0.3, 0.4) is 0 Å². The third kappa shape index (κ3) is 5.56. The van der Waals surface area contributed by atoms with Gasteiger partial charge in [0.2, 0.25) is 0 Å². The van der Waals surface area contributed by atoms with Crippen molar-refractivity contribution in [2.24, 2.45) is 0 Å². The van der Waals surface area contributed by atoms with Crippen molar-refractivity contribution in [3.63, 3.8) is 0 Å². The Hall–Kier alpha value is -2.85. The van der Waals surface area contributed by atoms with E-state index in [4.69, 9.17) is 9.26 Å². The minimum absolute atomic E-state index is 0.264. The van der Waals surface area contributed by atoms with Gasteiger partial charge in [0.25, 0.3) is 5.89 Å². The molecule has 0 spiro atoms. The number of hydrogen-bond donors (Lipinski definition) is 1. The van der Waals surface area contributed by atoms with Crippen molar-refractivity contribution in [1.82, 2.24) is 24.9 Å². The monoisotopic (exact) mass is 465 g/mol. The topological polar surface area (TPSA) is 87.8 Å². The molecule has 1 saturated heterocycles. The molecule has 1 aliphatic rings. The van der Waals surface area contributed by atoms with Crippen molar-refractivity contribution in [2.45, 2.75) is 19.6 Å². The van der Waals surface area contributed by atoms with E-state index in [-0.39, 0.29) is 6.61 Å². The molecule has 2 aromatic carbocycles. The van der Waals surface area contributed by atoms with E-state index < -0.39 is 6.10 Å². The Morgan fingerprint density at radius 2 is 1.85 bits per heavy atom. The van der Waals surface area contributed by atoms with Crippen molar-refractivity contribution in [2.75, 3.05) is 39.3 Å². The second kappa shape index (κ2) is 9.96. The van der Waals surface area contributed by atoms with Gasteiger partial charge in [-0.3, -0.25) is 9.80 Å². The molecule has 1 N–H and O–H groups in total. The first-order valence-electron chi connectivity index (χ1n) is 11.1. The summed E-state index contributed by atoms with van der Waals surface area (Å²) in [4.78, 5) is 13.6. The standard InChI is InChI=1S/C24H27N5O3S/c1-17-25-21-13-20(7-8-22(21)33-17)31-16-19(30)14-28-9-11-29(12-10-28)15-23-26-24(32-27-23)18-5-3-2-4-6-18/h2-8,13,19,30H,9-12,14-16H2,1H3/t19-/m0/s1. The number of piperazine rings is 1. The van der Waals surface area contributed by atoms with Crippen molar-refractivity contribution < 1.29 is 14.4 Å². The van der Waals surface area contributed by atoms with Crippen molar-refractivity contribution in [3.8, 4) is 17.2 Å². The molecule has 0 aliphatic carbocycles. The SMILES string of the molecule is Cc1nc2cc(OC[C@@H](O)CN3CCN(Cc4noc(-c5ccccc5)n4)CC3)ccc2s1. The molecule has 4 aromatic rings. The maximum absolute atomic E-state index is 10.5. The summed E-state index contributed by atoms with van der Waals surface area (Å²) in [5.74, 6) is 1.99. The number of aliphatic hydroxyl groups is 1. The molecule has 1 fully saturated rings. The lowest BCUT2D eigenvalue weighted by Gasteiger charge is -2.34. The molecule has 5 rings (SSSR count). The number of aryl methyl sites for hydroxylation is 1. The lowest BCUT2D eigenvalue weighted by Crippen LogP contribution is -2.48. The molecule has 1 atom stereocenters. The van der Waals surface area contributed by atoms with Gasteiger partial charge in [-0.05, 0) is 31.2 Å². The Balaban J connectivity index is 1.05. The highest BCUT2D eigenvalue weighted by Crippen LogP contribution is 2.25. The first kappa shape index (κ1) is 22.0. The fraction of sp³-hybridized carbons (Fsp3) is 0.375. The van der Waals surface area contributed by atoms with Crippen molar-refractivity contribution in [3.05, 3.63) is 59.4 Å². The minimum Gasteiger partial charge on any atom is -0.491 e. The fourth-order valence-electron chi connectivity index (χ4n) is 4.00. The van der Waals surface area contributed by atoms with Gasteiger partial charge in [-0.1, -0.05) is 23.4 Å². The smallest absolute Gasteiger partial charge is 0.257 e. The first-order chi connectivity index (χ1) is 16.1. The van der Waals surface area contributed by atoms with Gasteiger partial charge in [-0.15, -0.1) is 11.3 Å². The van der Waals surface area contributed by atoms with E-state index in [1.807, 2.05) is 55.5 Å². The Morgan fingerprint density at radius 3 is 2.67 bits per heavy atom. The molecular weight excluding hydrogens is 438 g/mol. The van der Waals surface area contributed by atoms with E-state index in [2.05, 4.69) is 24.9 Å². The molecule has 3 heterocycles. The van der Waals surface area contributed by atoms with Gasteiger partial charge in [-0.25, -0.2) is 4.98 Å². The second-order valence-corrected chi connectivity index (χ2v) is 9.52. The second-order valence-electron chi connectivity index (χ2n) is 8.29. The predicted octanol–water partition coefficient (Wildman–Crippen LogP) is 3.21. The third-order valence-corrected chi connectivity index (χ3v) is 6.65. The van der Waals surface area contributed by atoms with Crippen LogP contribution < -0.4 is 4.74 Å². The lowest BCUT2D eigenvalue weighted by molar-refractivity contribution is 0.0440. The summed E-state index contributed by atoms with van der Waals surface area (Å²) in [5, 5.41) is 15.6. The van der Waals surface area contributed by atoms with Crippen LogP contribution in [-0.2, 0) is 6.54 Å². The van der Waals surface area contributed by atoms with Gasteiger partial charge >= 0.3 is 0 Å². The van der Waals surface area contributed by atoms with E-state index in [1.165, 1.54) is 0 Å². The Kier molecular flexibility index (Phi) is 6.63. The minimum atomic E-state index is -0.546. The molecule has 33 heavy (non-hydrogen) atoms. The highest BCUT2D eigenvalue weighted by Gasteiger charge is 2.21. The summed E-state index contributed by atoms with van der Waals surface area (Å²) in [5.41, 5.74) is 1.87. The average molecular weight is 466 g/mol. The number of nitrogens with zero attached hydrogens (tertiary/aromatic N) is 5. The van der Waals surface area contributed by atoms with Crippen LogP contribution in [0.4, 0.5) is 0 Å². The maximum atomic E-state index is 10.5. The zero-order valence-corrected chi connectivity index (χ0v) is 19.4. The van der Waals surface area contributed by atoms with Gasteiger partial charge in [-0.2, -0.15) is 4.98 Å². The summed E-state index contributed by atoms with van der Waals surface area (Å²) in [7, 11) is 0. The van der Waals surface area contributed by atoms with Crippen LogP contribution in [0.5, 0.6) is 5.75 Å². The van der Waals surface area contributed by atoms with E-state index in [9.17, 15) is 5.11 Å². The number of β-amino-alcohol motifs (C(OH)–C–C–N with tert-alkyl or cyclic N) is 1. The normalized spacial score (nSPS) is 16.3. The van der Waals surface area contributed by atoms with Crippen molar-refractivity contribution in [1.29, 1.82) is 0 Å². The van der Waals surface area contributed by atoms with Crippen LogP contribution in [0.1, 0.15) is 10.8 Å². The summed E-state index contributed by atoms with van der Waals surface area (Å²) < 4.78 is 12.4. The predicted molar refractivity (Wildman–Crippen MR) is 127 cm³/mol. The van der Waals surface area contributed by atoms with Gasteiger partial charge in [0.05, 0.1) is 21.8 Å². The number of hydrogen-bond acceptors (Lipinski definition) is 9. The Labute approximate surface area is 196 Å². The number of aliphatic hydroxyl groups excluding tert-OH is 1. The molecule has 172 valence electrons. The maximum Gasteiger partial charge on any atom is 0.257 e. The lowest BCUT2D eigenvalue weighted by atomic mass is 10.2. The van der Waals surface area contributed by atoms with Crippen LogP contribution in [-0.4, -0.2) is 75.5 Å². The van der Waals surface area contributed by atoms with E-state index in [1.54, 1.807) is 11.3 Å². The third-order valence-electron chi connectivity index (χ3n) is 5.70. The molecule has 0 saturated carbocycles. The van der Waals surface area contributed by atoms with Gasteiger partial charge in [0.15, 0.2) is 5.82 Å². The number of benzene rings is 2. The Morgan fingerprint density at radius 1 is 1.06 bits per heavy atom. The molecule has 0 unspecified atom stereocenters. The van der Waals surface area contributed by atoms with E-state index in [0.29, 0.717) is 24.8 Å². The summed E-state index contributed by atoms with van der Waals surface area (Å²) in [6, 6.07) is 15.7. The van der Waals surface area contributed by atoms with Crippen LogP contribution in [0.2, 0.25) is 0 Å². The number of aromatic nitrogens is 3. The highest BCUT2D eigenvalue weighted by atomic mass is 32.1. The number of rotatable bonds is 8. The molecule has 8 nitrogen and oxygen atoms in total.